The lowest BCUT2D eigenvalue weighted by Gasteiger charge is -2.09. The van der Waals surface area contributed by atoms with Gasteiger partial charge < -0.3 is 5.32 Å². The maximum Gasteiger partial charge on any atom is 0.257 e. The van der Waals surface area contributed by atoms with E-state index in [1.165, 1.54) is 11.3 Å². The van der Waals surface area contributed by atoms with E-state index in [9.17, 15) is 9.59 Å². The highest BCUT2D eigenvalue weighted by Crippen LogP contribution is 2.21. The van der Waals surface area contributed by atoms with E-state index in [0.29, 0.717) is 27.8 Å². The number of carbonyl (C=O) groups is 2. The summed E-state index contributed by atoms with van der Waals surface area (Å²) in [6.07, 6.45) is 0.613. The average Bonchev–Trinajstić information content (AvgIpc) is 3.10. The molecule has 0 aliphatic carbocycles. The highest BCUT2D eigenvalue weighted by atomic mass is 35.5. The molecular weight excluding hydrogens is 396 g/mol. The van der Waals surface area contributed by atoms with Crippen LogP contribution < -0.4 is 10.6 Å². The Morgan fingerprint density at radius 1 is 1.07 bits per heavy atom. The lowest BCUT2D eigenvalue weighted by atomic mass is 10.1. The first-order valence-electron chi connectivity index (χ1n) is 8.70. The first-order chi connectivity index (χ1) is 13.4. The van der Waals surface area contributed by atoms with Crippen molar-refractivity contribution in [2.45, 2.75) is 20.3 Å². The van der Waals surface area contributed by atoms with Gasteiger partial charge in [0.2, 0.25) is 11.0 Å². The number of aromatic nitrogens is 2. The van der Waals surface area contributed by atoms with E-state index in [-0.39, 0.29) is 17.7 Å². The Balaban J connectivity index is 1.64. The molecule has 0 aliphatic rings. The second kappa shape index (κ2) is 8.95. The molecule has 1 heterocycles. The Bertz CT molecular complexity index is 986. The SMILES string of the molecule is CC(C)C(=O)Nc1cccc(C(=O)Nc2nnc(Cc3ccc(Cl)cc3)s2)c1. The zero-order valence-electron chi connectivity index (χ0n) is 15.4. The normalized spacial score (nSPS) is 10.7. The van der Waals surface area contributed by atoms with Crippen molar-refractivity contribution in [3.63, 3.8) is 0 Å². The van der Waals surface area contributed by atoms with Crippen LogP contribution in [0.25, 0.3) is 0 Å². The summed E-state index contributed by atoms with van der Waals surface area (Å²) in [6.45, 7) is 3.62. The van der Waals surface area contributed by atoms with Gasteiger partial charge in [0.15, 0.2) is 0 Å². The fraction of sp³-hybridized carbons (Fsp3) is 0.200. The summed E-state index contributed by atoms with van der Waals surface area (Å²) in [5, 5.41) is 15.6. The van der Waals surface area contributed by atoms with Gasteiger partial charge in [0.1, 0.15) is 5.01 Å². The minimum Gasteiger partial charge on any atom is -0.326 e. The largest absolute Gasteiger partial charge is 0.326 e. The van der Waals surface area contributed by atoms with Crippen LogP contribution in [0.4, 0.5) is 10.8 Å². The minimum absolute atomic E-state index is 0.103. The number of hydrogen-bond acceptors (Lipinski definition) is 5. The third kappa shape index (κ3) is 5.37. The van der Waals surface area contributed by atoms with Gasteiger partial charge >= 0.3 is 0 Å². The van der Waals surface area contributed by atoms with E-state index in [1.54, 1.807) is 24.3 Å². The van der Waals surface area contributed by atoms with E-state index < -0.39 is 0 Å². The summed E-state index contributed by atoms with van der Waals surface area (Å²) in [7, 11) is 0. The standard InChI is InChI=1S/C20H19ClN4O2S/c1-12(2)18(26)22-16-5-3-4-14(11-16)19(27)23-20-25-24-17(28-20)10-13-6-8-15(21)9-7-13/h3-9,11-12H,10H2,1-2H3,(H,22,26)(H,23,25,27). The lowest BCUT2D eigenvalue weighted by molar-refractivity contribution is -0.118. The molecule has 0 unspecified atom stereocenters. The van der Waals surface area contributed by atoms with E-state index in [1.807, 2.05) is 38.1 Å². The molecule has 0 aliphatic heterocycles. The molecule has 6 nitrogen and oxygen atoms in total. The predicted molar refractivity (Wildman–Crippen MR) is 112 cm³/mol. The second-order valence-electron chi connectivity index (χ2n) is 6.48. The Morgan fingerprint density at radius 2 is 1.82 bits per heavy atom. The number of carbonyl (C=O) groups excluding carboxylic acids is 2. The highest BCUT2D eigenvalue weighted by molar-refractivity contribution is 7.15. The van der Waals surface area contributed by atoms with Crippen LogP contribution in [0, 0.1) is 5.92 Å². The number of nitrogens with one attached hydrogen (secondary N) is 2. The zero-order valence-corrected chi connectivity index (χ0v) is 17.0. The molecule has 1 aromatic heterocycles. The van der Waals surface area contributed by atoms with Crippen molar-refractivity contribution in [3.8, 4) is 0 Å². The molecule has 3 rings (SSSR count). The number of nitrogens with zero attached hydrogens (tertiary/aromatic N) is 2. The summed E-state index contributed by atoms with van der Waals surface area (Å²) in [5.74, 6) is -0.554. The summed E-state index contributed by atoms with van der Waals surface area (Å²) < 4.78 is 0. The van der Waals surface area contributed by atoms with Crippen molar-refractivity contribution < 1.29 is 9.59 Å². The molecule has 2 N–H and O–H groups in total. The van der Waals surface area contributed by atoms with Gasteiger partial charge in [-0.1, -0.05) is 55.0 Å². The Labute approximate surface area is 172 Å². The number of amides is 2. The summed E-state index contributed by atoms with van der Waals surface area (Å²) >= 11 is 7.21. The van der Waals surface area contributed by atoms with Gasteiger partial charge in [0.05, 0.1) is 0 Å². The van der Waals surface area contributed by atoms with Crippen LogP contribution in [-0.4, -0.2) is 22.0 Å². The molecule has 8 heteroatoms. The van der Waals surface area contributed by atoms with Gasteiger partial charge in [0, 0.05) is 28.6 Å². The van der Waals surface area contributed by atoms with Crippen LogP contribution in [0.3, 0.4) is 0 Å². The molecule has 0 spiro atoms. The van der Waals surface area contributed by atoms with Crippen molar-refractivity contribution in [2.24, 2.45) is 5.92 Å². The van der Waals surface area contributed by atoms with E-state index >= 15 is 0 Å². The van der Waals surface area contributed by atoms with Crippen molar-refractivity contribution in [1.82, 2.24) is 10.2 Å². The van der Waals surface area contributed by atoms with Crippen LogP contribution >= 0.6 is 22.9 Å². The minimum atomic E-state index is -0.310. The van der Waals surface area contributed by atoms with Crippen LogP contribution in [-0.2, 0) is 11.2 Å². The van der Waals surface area contributed by atoms with Gasteiger partial charge in [0.25, 0.3) is 5.91 Å². The first kappa shape index (κ1) is 20.0. The molecule has 2 aromatic carbocycles. The number of anilines is 2. The van der Waals surface area contributed by atoms with Crippen LogP contribution in [0.1, 0.15) is 34.8 Å². The van der Waals surface area contributed by atoms with Crippen LogP contribution in [0.15, 0.2) is 48.5 Å². The molecule has 2 amide bonds. The Morgan fingerprint density at radius 3 is 2.54 bits per heavy atom. The quantitative estimate of drug-likeness (QED) is 0.615. The molecule has 144 valence electrons. The maximum atomic E-state index is 12.5. The smallest absolute Gasteiger partial charge is 0.257 e. The molecule has 0 saturated heterocycles. The molecule has 0 fully saturated rings. The lowest BCUT2D eigenvalue weighted by Crippen LogP contribution is -2.18. The fourth-order valence-electron chi connectivity index (χ4n) is 2.35. The third-order valence-corrected chi connectivity index (χ3v) is 4.96. The molecule has 0 saturated carbocycles. The Hall–Kier alpha value is -2.77. The fourth-order valence-corrected chi connectivity index (χ4v) is 3.24. The van der Waals surface area contributed by atoms with Crippen LogP contribution in [0.2, 0.25) is 5.02 Å². The second-order valence-corrected chi connectivity index (χ2v) is 7.98. The molecule has 0 radical (unpaired) electrons. The summed E-state index contributed by atoms with van der Waals surface area (Å²) in [6, 6.07) is 14.3. The van der Waals surface area contributed by atoms with Crippen molar-refractivity contribution in [1.29, 1.82) is 0 Å². The summed E-state index contributed by atoms with van der Waals surface area (Å²) in [5.41, 5.74) is 2.06. The Kier molecular flexibility index (Phi) is 6.38. The van der Waals surface area contributed by atoms with Gasteiger partial charge in [-0.05, 0) is 35.9 Å². The van der Waals surface area contributed by atoms with Gasteiger partial charge in [-0.25, -0.2) is 0 Å². The van der Waals surface area contributed by atoms with E-state index in [0.717, 1.165) is 10.6 Å². The van der Waals surface area contributed by atoms with Gasteiger partial charge in [-0.15, -0.1) is 10.2 Å². The molecule has 0 bridgehead atoms. The van der Waals surface area contributed by atoms with Crippen molar-refractivity contribution in [2.75, 3.05) is 10.6 Å². The molecular formula is C20H19ClN4O2S. The van der Waals surface area contributed by atoms with Crippen LogP contribution in [0.5, 0.6) is 0 Å². The van der Waals surface area contributed by atoms with Crippen molar-refractivity contribution in [3.05, 3.63) is 69.7 Å². The monoisotopic (exact) mass is 414 g/mol. The topological polar surface area (TPSA) is 84.0 Å². The number of rotatable bonds is 6. The molecule has 3 aromatic rings. The maximum absolute atomic E-state index is 12.5. The molecule has 28 heavy (non-hydrogen) atoms. The predicted octanol–water partition coefficient (Wildman–Crippen LogP) is 4.63. The van der Waals surface area contributed by atoms with E-state index in [2.05, 4.69) is 20.8 Å². The zero-order chi connectivity index (χ0) is 20.1. The first-order valence-corrected chi connectivity index (χ1v) is 9.89. The summed E-state index contributed by atoms with van der Waals surface area (Å²) in [4.78, 5) is 24.3. The number of halogens is 1. The number of benzene rings is 2. The van der Waals surface area contributed by atoms with Gasteiger partial charge in [-0.2, -0.15) is 0 Å². The van der Waals surface area contributed by atoms with Gasteiger partial charge in [-0.3, -0.25) is 14.9 Å². The van der Waals surface area contributed by atoms with E-state index in [4.69, 9.17) is 11.6 Å². The van der Waals surface area contributed by atoms with Crippen molar-refractivity contribution >= 4 is 45.6 Å². The average molecular weight is 415 g/mol. The third-order valence-electron chi connectivity index (χ3n) is 3.87. The molecule has 0 atom stereocenters. The number of hydrogen-bond donors (Lipinski definition) is 2. The highest BCUT2D eigenvalue weighted by Gasteiger charge is 2.13.